The Kier molecular flexibility index (Phi) is 8.00. The van der Waals surface area contributed by atoms with E-state index < -0.39 is 34.2 Å². The molecule has 324 valence electrons. The van der Waals surface area contributed by atoms with Gasteiger partial charge in [-0.05, 0) is 118 Å². The van der Waals surface area contributed by atoms with E-state index >= 15 is 0 Å². The first-order chi connectivity index (χ1) is 29.6. The average Bonchev–Trinajstić information content (AvgIpc) is 3.88. The first kappa shape index (κ1) is 37.8. The third-order valence-corrected chi connectivity index (χ3v) is 18.6. The fraction of sp³-hybridized carbons (Fsp3) is 0.660. The molecular weight excluding hydrogens is 771 g/mol. The van der Waals surface area contributed by atoms with Crippen molar-refractivity contribution in [1.82, 2.24) is 14.4 Å². The van der Waals surface area contributed by atoms with E-state index in [0.717, 1.165) is 70.9 Å². The highest BCUT2D eigenvalue weighted by atomic mass is 16.5. The second-order valence-electron chi connectivity index (χ2n) is 21.1. The molecule has 10 aliphatic rings. The Morgan fingerprint density at radius 3 is 1.61 bits per heavy atom. The number of hydrogen-bond donors (Lipinski definition) is 4. The summed E-state index contributed by atoms with van der Waals surface area (Å²) in [7, 11) is 0. The molecule has 2 saturated heterocycles. The summed E-state index contributed by atoms with van der Waals surface area (Å²) in [5.41, 5.74) is 3.46. The van der Waals surface area contributed by atoms with Crippen molar-refractivity contribution in [2.75, 3.05) is 32.8 Å². The molecular formula is C50H61N3O8. The van der Waals surface area contributed by atoms with Gasteiger partial charge < -0.3 is 39.2 Å². The van der Waals surface area contributed by atoms with Gasteiger partial charge in [-0.2, -0.15) is 0 Å². The lowest BCUT2D eigenvalue weighted by molar-refractivity contribution is -0.177. The van der Waals surface area contributed by atoms with Gasteiger partial charge in [0.25, 0.3) is 0 Å². The number of hydrogen-bond acceptors (Lipinski definition) is 10. The van der Waals surface area contributed by atoms with E-state index in [1.165, 1.54) is 64.2 Å². The predicted molar refractivity (Wildman–Crippen MR) is 225 cm³/mol. The topological polar surface area (TPSA) is 137 Å². The normalized spacial score (nSPS) is 36.6. The highest BCUT2D eigenvalue weighted by Crippen LogP contribution is 2.73. The van der Waals surface area contributed by atoms with Crippen molar-refractivity contribution in [2.45, 2.75) is 163 Å². The van der Waals surface area contributed by atoms with Crippen molar-refractivity contribution in [3.05, 3.63) is 69.0 Å². The van der Waals surface area contributed by atoms with E-state index in [9.17, 15) is 25.2 Å². The molecule has 13 rings (SSSR count). The van der Waals surface area contributed by atoms with E-state index in [1.54, 1.807) is 12.1 Å². The molecule has 2 spiro atoms. The maximum atomic E-state index is 14.0. The summed E-state index contributed by atoms with van der Waals surface area (Å²) in [6, 6.07) is 7.26. The standard InChI is InChI=1S/C50H61N3O8/c1-2-59-38(56)27-53-41-32(23-49(57)36-21-30-13-15-34(54)43-39(30)47(49,45(41)60-43)17-19-51(36)25-28-9-5-3-6-10-28)33-24-50(58)37-22-31-14-16-35(55)44-40(31)48(50,46(61-44)42(33)53)18-20-52(37)26-29-11-7-4-8-12-29/h13-16,28-29,36-37,45-46,54-55,57-58H,2-12,17-27H2,1H3/t36-,37-,45+,46+,47+,48+,49-,50-/m1/s1. The molecule has 5 heterocycles. The molecule has 4 fully saturated rings. The minimum absolute atomic E-state index is 0.0754. The molecule has 11 heteroatoms. The number of benzene rings is 2. The molecule has 0 radical (unpaired) electrons. The van der Waals surface area contributed by atoms with E-state index in [2.05, 4.69) is 14.4 Å². The van der Waals surface area contributed by atoms with Crippen molar-refractivity contribution in [3.8, 4) is 23.0 Å². The largest absolute Gasteiger partial charge is 0.504 e. The number of ether oxygens (including phenoxy) is 3. The van der Waals surface area contributed by atoms with Gasteiger partial charge in [-0.3, -0.25) is 14.6 Å². The monoisotopic (exact) mass is 831 g/mol. The Bertz CT molecular complexity index is 2210. The maximum Gasteiger partial charge on any atom is 0.325 e. The molecule has 1 aromatic heterocycles. The maximum absolute atomic E-state index is 14.0. The van der Waals surface area contributed by atoms with Crippen LogP contribution in [0.5, 0.6) is 23.0 Å². The summed E-state index contributed by atoms with van der Waals surface area (Å²) in [5.74, 6) is 1.89. The zero-order valence-electron chi connectivity index (χ0n) is 35.6. The molecule has 2 saturated carbocycles. The van der Waals surface area contributed by atoms with Gasteiger partial charge in [0.15, 0.2) is 35.2 Å². The van der Waals surface area contributed by atoms with Crippen molar-refractivity contribution >= 4 is 5.97 Å². The molecule has 3 aromatic rings. The van der Waals surface area contributed by atoms with Crippen LogP contribution in [0.25, 0.3) is 0 Å². The highest BCUT2D eigenvalue weighted by Gasteiger charge is 2.77. The number of nitrogens with zero attached hydrogens (tertiary/aromatic N) is 3. The quantitative estimate of drug-likeness (QED) is 0.204. The van der Waals surface area contributed by atoms with Gasteiger partial charge in [0.2, 0.25) is 0 Å². The number of fused-ring (bicyclic) bond motifs is 5. The smallest absolute Gasteiger partial charge is 0.325 e. The number of rotatable bonds is 7. The number of aliphatic hydroxyl groups is 2. The Labute approximate surface area is 358 Å². The van der Waals surface area contributed by atoms with Crippen LogP contribution in [0, 0.1) is 11.8 Å². The zero-order valence-corrected chi connectivity index (χ0v) is 35.6. The SMILES string of the molecule is CCOC(=O)Cn1c2c(c3c1[C@@H]1Oc4c(O)ccc5c4[C@@]14CCN(CC1CCCCC1)[C@H](C5)[C@]4(O)C3)C[C@@]1(O)[C@H]3Cc4ccc(O)c5c4[C@@]1(CCN3CC1CCCCC1)[C@H]2O5. The minimum Gasteiger partial charge on any atom is -0.504 e. The van der Waals surface area contributed by atoms with Gasteiger partial charge in [0.05, 0.1) is 40.0 Å². The first-order valence-corrected chi connectivity index (χ1v) is 24.0. The minimum atomic E-state index is -1.24. The first-order valence-electron chi connectivity index (χ1n) is 24.0. The molecule has 4 N–H and O–H groups in total. The lowest BCUT2D eigenvalue weighted by atomic mass is 9.47. The van der Waals surface area contributed by atoms with Crippen LogP contribution in [0.15, 0.2) is 24.3 Å². The fourth-order valence-electron chi connectivity index (χ4n) is 16.2. The highest BCUT2D eigenvalue weighted by molar-refractivity contribution is 5.73. The number of aromatic nitrogens is 1. The number of likely N-dealkylation sites (tertiary alicyclic amines) is 2. The summed E-state index contributed by atoms with van der Waals surface area (Å²) in [6.07, 6.45) is 14.5. The van der Waals surface area contributed by atoms with Crippen LogP contribution in [0.4, 0.5) is 0 Å². The number of carbonyl (C=O) groups is 1. The molecule has 2 aromatic carbocycles. The molecule has 6 aliphatic carbocycles. The summed E-state index contributed by atoms with van der Waals surface area (Å²) in [6.45, 7) is 5.54. The average molecular weight is 832 g/mol. The van der Waals surface area contributed by atoms with Crippen molar-refractivity contribution in [2.24, 2.45) is 11.8 Å². The van der Waals surface area contributed by atoms with Gasteiger partial charge in [0.1, 0.15) is 6.54 Å². The van der Waals surface area contributed by atoms with Gasteiger partial charge in [-0.1, -0.05) is 50.7 Å². The van der Waals surface area contributed by atoms with E-state index in [4.69, 9.17) is 14.2 Å². The van der Waals surface area contributed by atoms with Crippen molar-refractivity contribution in [3.63, 3.8) is 0 Å². The molecule has 4 bridgehead atoms. The Balaban J connectivity index is 1.02. The predicted octanol–water partition coefficient (Wildman–Crippen LogP) is 6.20. The Morgan fingerprint density at radius 2 is 1.16 bits per heavy atom. The lowest BCUT2D eigenvalue weighted by Crippen LogP contribution is -2.75. The molecule has 0 unspecified atom stereocenters. The summed E-state index contributed by atoms with van der Waals surface area (Å²) in [5, 5.41) is 51.2. The molecule has 0 amide bonds. The fourth-order valence-corrected chi connectivity index (χ4v) is 16.2. The number of aromatic hydroxyl groups is 2. The molecule has 4 aliphatic heterocycles. The van der Waals surface area contributed by atoms with Crippen LogP contribution < -0.4 is 9.47 Å². The number of phenols is 2. The van der Waals surface area contributed by atoms with Crippen LogP contribution in [0.3, 0.4) is 0 Å². The number of esters is 1. The van der Waals surface area contributed by atoms with E-state index in [1.807, 2.05) is 19.1 Å². The van der Waals surface area contributed by atoms with E-state index in [0.29, 0.717) is 61.9 Å². The third kappa shape index (κ3) is 4.62. The number of carbonyl (C=O) groups excluding carboxylic acids is 1. The van der Waals surface area contributed by atoms with Crippen molar-refractivity contribution < 1.29 is 39.4 Å². The Morgan fingerprint density at radius 1 is 0.705 bits per heavy atom. The van der Waals surface area contributed by atoms with Gasteiger partial charge in [-0.25, -0.2) is 0 Å². The van der Waals surface area contributed by atoms with Crippen LogP contribution in [-0.4, -0.2) is 96.8 Å². The van der Waals surface area contributed by atoms with Gasteiger partial charge in [0, 0.05) is 49.1 Å². The number of phenolic OH excluding ortho intramolecular Hbond substituents is 2. The van der Waals surface area contributed by atoms with Crippen LogP contribution in [0.1, 0.15) is 141 Å². The summed E-state index contributed by atoms with van der Waals surface area (Å²) < 4.78 is 22.1. The summed E-state index contributed by atoms with van der Waals surface area (Å²) >= 11 is 0. The van der Waals surface area contributed by atoms with Gasteiger partial charge in [-0.15, -0.1) is 0 Å². The summed E-state index contributed by atoms with van der Waals surface area (Å²) in [4.78, 5) is 19.2. The second-order valence-corrected chi connectivity index (χ2v) is 21.1. The lowest BCUT2D eigenvalue weighted by Gasteiger charge is -2.64. The Hall–Kier alpha value is -3.77. The van der Waals surface area contributed by atoms with Crippen LogP contribution >= 0.6 is 0 Å². The third-order valence-electron chi connectivity index (χ3n) is 18.6. The molecule has 8 atom stereocenters. The zero-order chi connectivity index (χ0) is 41.2. The second kappa shape index (κ2) is 12.9. The number of piperidine rings is 2. The van der Waals surface area contributed by atoms with Crippen molar-refractivity contribution in [1.29, 1.82) is 0 Å². The van der Waals surface area contributed by atoms with E-state index in [-0.39, 0.29) is 42.7 Å². The van der Waals surface area contributed by atoms with Crippen LogP contribution in [0.2, 0.25) is 0 Å². The molecule has 11 nitrogen and oxygen atoms in total. The molecule has 61 heavy (non-hydrogen) atoms. The van der Waals surface area contributed by atoms with Gasteiger partial charge >= 0.3 is 5.97 Å². The van der Waals surface area contributed by atoms with Crippen LogP contribution in [-0.2, 0) is 52.6 Å².